The Kier molecular flexibility index (Phi) is 7.49. The number of carbonyl (C=O) groups excluding carboxylic acids is 1. The molecule has 2 aromatic rings. The van der Waals surface area contributed by atoms with Crippen LogP contribution in [0.5, 0.6) is 11.5 Å². The Hall–Kier alpha value is -3.02. The fourth-order valence-electron chi connectivity index (χ4n) is 2.36. The first-order valence-electron chi connectivity index (χ1n) is 8.47. The number of rotatable bonds is 8. The second-order valence-corrected chi connectivity index (χ2v) is 5.65. The van der Waals surface area contributed by atoms with E-state index in [1.807, 2.05) is 50.2 Å². The topological polar surface area (TPSA) is 69.2 Å². The van der Waals surface area contributed by atoms with Crippen LogP contribution >= 0.6 is 0 Å². The highest BCUT2D eigenvalue weighted by Gasteiger charge is 2.02. The lowest BCUT2D eigenvalue weighted by Crippen LogP contribution is -2.18. The van der Waals surface area contributed by atoms with Gasteiger partial charge in [-0.2, -0.15) is 5.10 Å². The molecule has 1 amide bonds. The summed E-state index contributed by atoms with van der Waals surface area (Å²) in [7, 11) is 0. The number of hydrogen-bond donors (Lipinski definition) is 1. The smallest absolute Gasteiger partial charge is 0.427 e. The van der Waals surface area contributed by atoms with E-state index in [-0.39, 0.29) is 0 Å². The molecular weight excluding hydrogens is 332 g/mol. The number of para-hydroxylation sites is 1. The van der Waals surface area contributed by atoms with E-state index < -0.39 is 6.09 Å². The predicted octanol–water partition coefficient (Wildman–Crippen LogP) is 3.84. The molecule has 0 aromatic heterocycles. The van der Waals surface area contributed by atoms with Gasteiger partial charge in [-0.1, -0.05) is 18.2 Å². The first-order chi connectivity index (χ1) is 12.6. The van der Waals surface area contributed by atoms with Crippen LogP contribution < -0.4 is 14.9 Å². The number of hydrazone groups is 1. The first kappa shape index (κ1) is 19.3. The third-order valence-corrected chi connectivity index (χ3v) is 3.36. The molecule has 2 rings (SSSR count). The molecule has 0 radical (unpaired) electrons. The summed E-state index contributed by atoms with van der Waals surface area (Å²) < 4.78 is 16.2. The van der Waals surface area contributed by atoms with Crippen molar-refractivity contribution in [1.29, 1.82) is 0 Å². The van der Waals surface area contributed by atoms with Crippen LogP contribution in [0.4, 0.5) is 4.79 Å². The van der Waals surface area contributed by atoms with Crippen LogP contribution in [0.2, 0.25) is 0 Å². The van der Waals surface area contributed by atoms with E-state index in [2.05, 4.69) is 16.6 Å². The van der Waals surface area contributed by atoms with Gasteiger partial charge >= 0.3 is 6.09 Å². The Balaban J connectivity index is 1.85. The van der Waals surface area contributed by atoms with E-state index in [0.29, 0.717) is 25.6 Å². The standard InChI is InChI=1S/C20H24N2O4/c1-4-24-20(23)22-21-14-17-7-5-6-8-19(17)26-10-9-25-18-12-15(2)11-16(3)13-18/h5-8,11-14H,4,9-10H2,1-3H3,(H,22,23)/b21-14-. The molecule has 0 heterocycles. The lowest BCUT2D eigenvalue weighted by Gasteiger charge is -2.11. The summed E-state index contributed by atoms with van der Waals surface area (Å²) in [6.45, 7) is 6.92. The molecule has 0 aliphatic heterocycles. The van der Waals surface area contributed by atoms with Gasteiger partial charge in [-0.25, -0.2) is 10.2 Å². The molecule has 0 unspecified atom stereocenters. The van der Waals surface area contributed by atoms with Crippen molar-refractivity contribution in [1.82, 2.24) is 5.43 Å². The van der Waals surface area contributed by atoms with Gasteiger partial charge in [-0.05, 0) is 56.2 Å². The summed E-state index contributed by atoms with van der Waals surface area (Å²) in [5.41, 5.74) is 5.36. The molecule has 26 heavy (non-hydrogen) atoms. The fraction of sp³-hybridized carbons (Fsp3) is 0.300. The summed E-state index contributed by atoms with van der Waals surface area (Å²) in [5, 5.41) is 3.86. The Bertz CT molecular complexity index is 739. The van der Waals surface area contributed by atoms with Gasteiger partial charge in [0.05, 0.1) is 12.8 Å². The van der Waals surface area contributed by atoms with Crippen molar-refractivity contribution in [2.24, 2.45) is 5.10 Å². The predicted molar refractivity (Wildman–Crippen MR) is 101 cm³/mol. The number of ether oxygens (including phenoxy) is 3. The van der Waals surface area contributed by atoms with E-state index in [0.717, 1.165) is 22.4 Å². The highest BCUT2D eigenvalue weighted by molar-refractivity contribution is 5.84. The van der Waals surface area contributed by atoms with Gasteiger partial charge in [0.15, 0.2) is 0 Å². The Morgan fingerprint density at radius 2 is 1.77 bits per heavy atom. The lowest BCUT2D eigenvalue weighted by atomic mass is 10.1. The van der Waals surface area contributed by atoms with Crippen molar-refractivity contribution in [3.63, 3.8) is 0 Å². The molecule has 0 saturated carbocycles. The molecule has 0 fully saturated rings. The van der Waals surface area contributed by atoms with E-state index in [1.165, 1.54) is 6.21 Å². The summed E-state index contributed by atoms with van der Waals surface area (Å²) in [5.74, 6) is 1.49. The van der Waals surface area contributed by atoms with Crippen LogP contribution in [0.15, 0.2) is 47.6 Å². The van der Waals surface area contributed by atoms with Crippen LogP contribution in [0, 0.1) is 13.8 Å². The van der Waals surface area contributed by atoms with Crippen molar-refractivity contribution >= 4 is 12.3 Å². The molecule has 1 N–H and O–H groups in total. The van der Waals surface area contributed by atoms with Crippen molar-refractivity contribution in [3.8, 4) is 11.5 Å². The Morgan fingerprint density at radius 3 is 2.50 bits per heavy atom. The minimum Gasteiger partial charge on any atom is -0.490 e. The molecule has 0 bridgehead atoms. The van der Waals surface area contributed by atoms with Crippen molar-refractivity contribution < 1.29 is 19.0 Å². The minimum atomic E-state index is -0.594. The van der Waals surface area contributed by atoms with Gasteiger partial charge in [-0.15, -0.1) is 0 Å². The molecule has 2 aromatic carbocycles. The Morgan fingerprint density at radius 1 is 1.08 bits per heavy atom. The molecule has 0 atom stereocenters. The maximum atomic E-state index is 11.2. The van der Waals surface area contributed by atoms with Gasteiger partial charge in [0, 0.05) is 5.56 Å². The number of carbonyl (C=O) groups is 1. The molecular formula is C20H24N2O4. The lowest BCUT2D eigenvalue weighted by molar-refractivity contribution is 0.152. The third-order valence-electron chi connectivity index (χ3n) is 3.36. The molecule has 6 nitrogen and oxygen atoms in total. The number of nitrogens with one attached hydrogen (secondary N) is 1. The van der Waals surface area contributed by atoms with Crippen LogP contribution in [0.1, 0.15) is 23.6 Å². The summed E-state index contributed by atoms with van der Waals surface area (Å²) >= 11 is 0. The molecule has 0 aliphatic rings. The molecule has 6 heteroatoms. The quantitative estimate of drug-likeness (QED) is 0.443. The van der Waals surface area contributed by atoms with Crippen molar-refractivity contribution in [3.05, 3.63) is 59.2 Å². The maximum Gasteiger partial charge on any atom is 0.427 e. The summed E-state index contributed by atoms with van der Waals surface area (Å²) in [4.78, 5) is 11.2. The van der Waals surface area contributed by atoms with E-state index in [4.69, 9.17) is 14.2 Å². The van der Waals surface area contributed by atoms with Crippen LogP contribution in [0.3, 0.4) is 0 Å². The van der Waals surface area contributed by atoms with Gasteiger partial charge in [0.25, 0.3) is 0 Å². The van der Waals surface area contributed by atoms with E-state index >= 15 is 0 Å². The highest BCUT2D eigenvalue weighted by Crippen LogP contribution is 2.17. The second-order valence-electron chi connectivity index (χ2n) is 5.65. The van der Waals surface area contributed by atoms with Crippen molar-refractivity contribution in [2.45, 2.75) is 20.8 Å². The normalized spacial score (nSPS) is 10.6. The van der Waals surface area contributed by atoms with Gasteiger partial charge in [0.1, 0.15) is 24.7 Å². The zero-order valence-electron chi connectivity index (χ0n) is 15.3. The number of benzene rings is 2. The van der Waals surface area contributed by atoms with Crippen LogP contribution in [0.25, 0.3) is 0 Å². The number of nitrogens with zero attached hydrogens (tertiary/aromatic N) is 1. The molecule has 0 spiro atoms. The average molecular weight is 356 g/mol. The van der Waals surface area contributed by atoms with Gasteiger partial charge in [-0.3, -0.25) is 0 Å². The third kappa shape index (κ3) is 6.47. The zero-order chi connectivity index (χ0) is 18.8. The first-order valence-corrected chi connectivity index (χ1v) is 8.47. The summed E-state index contributed by atoms with van der Waals surface area (Å²) in [6.07, 6.45) is 0.917. The van der Waals surface area contributed by atoms with Crippen LogP contribution in [-0.2, 0) is 4.74 Å². The summed E-state index contributed by atoms with van der Waals surface area (Å²) in [6, 6.07) is 13.5. The molecule has 138 valence electrons. The number of hydrogen-bond acceptors (Lipinski definition) is 5. The zero-order valence-corrected chi connectivity index (χ0v) is 15.3. The second kappa shape index (κ2) is 10.1. The number of amides is 1. The maximum absolute atomic E-state index is 11.2. The van der Waals surface area contributed by atoms with Crippen molar-refractivity contribution in [2.75, 3.05) is 19.8 Å². The monoisotopic (exact) mass is 356 g/mol. The SMILES string of the molecule is CCOC(=O)N/N=C\c1ccccc1OCCOc1cc(C)cc(C)c1. The fourth-order valence-corrected chi connectivity index (χ4v) is 2.36. The van der Waals surface area contributed by atoms with Gasteiger partial charge < -0.3 is 14.2 Å². The van der Waals surface area contributed by atoms with Crippen LogP contribution in [-0.4, -0.2) is 32.1 Å². The molecule has 0 saturated heterocycles. The highest BCUT2D eigenvalue weighted by atomic mass is 16.6. The largest absolute Gasteiger partial charge is 0.490 e. The van der Waals surface area contributed by atoms with Gasteiger partial charge in [0.2, 0.25) is 0 Å². The Labute approximate surface area is 153 Å². The van der Waals surface area contributed by atoms with E-state index in [1.54, 1.807) is 6.92 Å². The molecule has 0 aliphatic carbocycles. The average Bonchev–Trinajstić information content (AvgIpc) is 2.59. The number of aryl methyl sites for hydroxylation is 2. The van der Waals surface area contributed by atoms with E-state index in [9.17, 15) is 4.79 Å². The minimum absolute atomic E-state index is 0.293.